The van der Waals surface area contributed by atoms with Crippen LogP contribution < -0.4 is 0 Å². The predicted molar refractivity (Wildman–Crippen MR) is 82.4 cm³/mol. The van der Waals surface area contributed by atoms with Crippen molar-refractivity contribution < 1.29 is 8.42 Å². The Balaban J connectivity index is 1.92. The van der Waals surface area contributed by atoms with Crippen LogP contribution in [0.3, 0.4) is 0 Å². The van der Waals surface area contributed by atoms with E-state index in [1.807, 2.05) is 54.6 Å². The maximum absolute atomic E-state index is 12.5. The average Bonchev–Trinajstić information content (AvgIpc) is 2.47. The minimum Gasteiger partial charge on any atom is -0.224 e. The molecule has 20 heavy (non-hydrogen) atoms. The monoisotopic (exact) mass is 284 g/mol. The van der Waals surface area contributed by atoms with E-state index in [0.29, 0.717) is 4.90 Å². The highest BCUT2D eigenvalue weighted by Gasteiger charge is 2.20. The fourth-order valence-corrected chi connectivity index (χ4v) is 4.08. The van der Waals surface area contributed by atoms with Gasteiger partial charge in [-0.3, -0.25) is 0 Å². The van der Waals surface area contributed by atoms with Crippen molar-refractivity contribution in [2.75, 3.05) is 5.75 Å². The van der Waals surface area contributed by atoms with Gasteiger partial charge in [-0.25, -0.2) is 8.42 Å². The summed E-state index contributed by atoms with van der Waals surface area (Å²) in [6.45, 7) is 0. The number of fused-ring (bicyclic) bond motifs is 1. The molecule has 0 N–H and O–H groups in total. The molecule has 0 spiro atoms. The van der Waals surface area contributed by atoms with Crippen molar-refractivity contribution in [3.05, 3.63) is 66.8 Å². The maximum atomic E-state index is 12.5. The molecule has 0 saturated heterocycles. The van der Waals surface area contributed by atoms with Crippen molar-refractivity contribution in [1.29, 1.82) is 0 Å². The highest BCUT2D eigenvalue weighted by molar-refractivity contribution is 7.91. The smallest absolute Gasteiger partial charge is 0.178 e. The Morgan fingerprint density at radius 3 is 2.55 bits per heavy atom. The molecule has 1 aliphatic carbocycles. The lowest BCUT2D eigenvalue weighted by molar-refractivity contribution is 0.583. The van der Waals surface area contributed by atoms with Crippen molar-refractivity contribution in [2.24, 2.45) is 5.92 Å². The van der Waals surface area contributed by atoms with Crippen LogP contribution in [0.25, 0.3) is 10.8 Å². The molecule has 2 aromatic carbocycles. The molecule has 0 amide bonds. The summed E-state index contributed by atoms with van der Waals surface area (Å²) in [5.41, 5.74) is 0. The summed E-state index contributed by atoms with van der Waals surface area (Å²) < 4.78 is 25.0. The molecule has 2 nitrogen and oxygen atoms in total. The lowest BCUT2D eigenvalue weighted by atomic mass is 10.0. The summed E-state index contributed by atoms with van der Waals surface area (Å²) >= 11 is 0. The van der Waals surface area contributed by atoms with Gasteiger partial charge in [-0.15, -0.1) is 0 Å². The van der Waals surface area contributed by atoms with E-state index in [-0.39, 0.29) is 11.7 Å². The van der Waals surface area contributed by atoms with E-state index in [2.05, 4.69) is 0 Å². The number of hydrogen-bond donors (Lipinski definition) is 0. The molecule has 0 radical (unpaired) electrons. The molecular formula is C17H16O2S. The first-order valence-corrected chi connectivity index (χ1v) is 8.35. The first-order valence-electron chi connectivity index (χ1n) is 6.70. The molecule has 2 aromatic rings. The molecule has 0 saturated carbocycles. The molecule has 3 rings (SSSR count). The number of sulfone groups is 1. The van der Waals surface area contributed by atoms with Crippen LogP contribution in [0.4, 0.5) is 0 Å². The first kappa shape index (κ1) is 13.1. The standard InChI is InChI=1S/C17H16O2S/c18-20(19,13-14-6-2-1-3-7-14)17-11-10-15-8-4-5-9-16(15)12-17/h1-6,8-12,14H,7,13H2. The van der Waals surface area contributed by atoms with Crippen molar-refractivity contribution in [1.82, 2.24) is 0 Å². The molecule has 0 fully saturated rings. The quantitative estimate of drug-likeness (QED) is 0.860. The molecule has 102 valence electrons. The van der Waals surface area contributed by atoms with Crippen LogP contribution in [0.5, 0.6) is 0 Å². The Morgan fingerprint density at radius 1 is 1.00 bits per heavy atom. The van der Waals surface area contributed by atoms with Crippen LogP contribution >= 0.6 is 0 Å². The van der Waals surface area contributed by atoms with E-state index in [1.165, 1.54) is 0 Å². The van der Waals surface area contributed by atoms with Gasteiger partial charge in [0, 0.05) is 0 Å². The molecule has 3 heteroatoms. The number of rotatable bonds is 3. The van der Waals surface area contributed by atoms with E-state index in [1.54, 1.807) is 12.1 Å². The highest BCUT2D eigenvalue weighted by Crippen LogP contribution is 2.23. The summed E-state index contributed by atoms with van der Waals surface area (Å²) in [5, 5.41) is 2.03. The summed E-state index contributed by atoms with van der Waals surface area (Å²) in [5.74, 6) is 0.253. The number of benzene rings is 2. The lowest BCUT2D eigenvalue weighted by Gasteiger charge is -2.13. The number of hydrogen-bond acceptors (Lipinski definition) is 2. The molecule has 0 heterocycles. The summed E-state index contributed by atoms with van der Waals surface area (Å²) in [4.78, 5) is 0.416. The first-order chi connectivity index (χ1) is 9.65. The van der Waals surface area contributed by atoms with Crippen LogP contribution in [0.1, 0.15) is 6.42 Å². The lowest BCUT2D eigenvalue weighted by Crippen LogP contribution is -2.15. The molecule has 1 aliphatic rings. The topological polar surface area (TPSA) is 34.1 Å². The van der Waals surface area contributed by atoms with Gasteiger partial charge >= 0.3 is 0 Å². The zero-order valence-electron chi connectivity index (χ0n) is 11.1. The summed E-state index contributed by atoms with van der Waals surface area (Å²) in [7, 11) is -3.24. The molecule has 0 aliphatic heterocycles. The molecular weight excluding hydrogens is 268 g/mol. The van der Waals surface area contributed by atoms with Gasteiger partial charge in [0.05, 0.1) is 10.6 Å². The molecule has 0 bridgehead atoms. The third-order valence-corrected chi connectivity index (χ3v) is 5.42. The molecule has 1 atom stereocenters. The summed E-state index contributed by atoms with van der Waals surface area (Å²) in [6.07, 6.45) is 8.66. The van der Waals surface area contributed by atoms with Crippen LogP contribution in [-0.2, 0) is 9.84 Å². The second-order valence-electron chi connectivity index (χ2n) is 5.10. The zero-order chi connectivity index (χ0) is 14.0. The van der Waals surface area contributed by atoms with E-state index in [0.717, 1.165) is 17.2 Å². The highest BCUT2D eigenvalue weighted by atomic mass is 32.2. The zero-order valence-corrected chi connectivity index (χ0v) is 11.9. The third kappa shape index (κ3) is 2.68. The van der Waals surface area contributed by atoms with Crippen LogP contribution in [0.15, 0.2) is 71.7 Å². The van der Waals surface area contributed by atoms with Gasteiger partial charge in [0.1, 0.15) is 0 Å². The summed E-state index contributed by atoms with van der Waals surface area (Å²) in [6, 6.07) is 13.2. The molecule has 1 unspecified atom stereocenters. The Kier molecular flexibility index (Phi) is 3.45. The van der Waals surface area contributed by atoms with Crippen LogP contribution in [0, 0.1) is 5.92 Å². The van der Waals surface area contributed by atoms with Crippen LogP contribution in [-0.4, -0.2) is 14.2 Å². The second-order valence-corrected chi connectivity index (χ2v) is 7.13. The van der Waals surface area contributed by atoms with Crippen molar-refractivity contribution >= 4 is 20.6 Å². The SMILES string of the molecule is O=S(=O)(CC1C=CC=CC1)c1ccc2ccccc2c1. The second kappa shape index (κ2) is 5.25. The van der Waals surface area contributed by atoms with Gasteiger partial charge in [-0.1, -0.05) is 54.6 Å². The Hall–Kier alpha value is -1.87. The van der Waals surface area contributed by atoms with Crippen molar-refractivity contribution in [3.63, 3.8) is 0 Å². The minimum absolute atomic E-state index is 0.0801. The third-order valence-electron chi connectivity index (χ3n) is 3.58. The minimum atomic E-state index is -3.24. The normalized spacial score (nSPS) is 18.5. The van der Waals surface area contributed by atoms with E-state index in [4.69, 9.17) is 0 Å². The fraction of sp³-hybridized carbons (Fsp3) is 0.176. The van der Waals surface area contributed by atoms with Crippen molar-refractivity contribution in [2.45, 2.75) is 11.3 Å². The van der Waals surface area contributed by atoms with E-state index < -0.39 is 9.84 Å². The Morgan fingerprint density at radius 2 is 1.80 bits per heavy atom. The van der Waals surface area contributed by atoms with E-state index >= 15 is 0 Å². The van der Waals surface area contributed by atoms with Gasteiger partial charge in [0.2, 0.25) is 0 Å². The average molecular weight is 284 g/mol. The number of allylic oxidation sites excluding steroid dienone is 4. The van der Waals surface area contributed by atoms with Gasteiger partial charge < -0.3 is 0 Å². The van der Waals surface area contributed by atoms with Gasteiger partial charge in [-0.2, -0.15) is 0 Å². The Bertz CT molecular complexity index is 785. The van der Waals surface area contributed by atoms with Gasteiger partial charge in [0.15, 0.2) is 9.84 Å². The maximum Gasteiger partial charge on any atom is 0.178 e. The van der Waals surface area contributed by atoms with E-state index in [9.17, 15) is 8.42 Å². The Labute approximate surface area is 119 Å². The predicted octanol–water partition coefficient (Wildman–Crippen LogP) is 3.75. The largest absolute Gasteiger partial charge is 0.224 e. The fourth-order valence-electron chi connectivity index (χ4n) is 2.49. The molecule has 0 aromatic heterocycles. The van der Waals surface area contributed by atoms with Crippen LogP contribution in [0.2, 0.25) is 0 Å². The van der Waals surface area contributed by atoms with Crippen molar-refractivity contribution in [3.8, 4) is 0 Å². The van der Waals surface area contributed by atoms with Gasteiger partial charge in [0.25, 0.3) is 0 Å². The van der Waals surface area contributed by atoms with Gasteiger partial charge in [-0.05, 0) is 35.2 Å².